The second-order valence-corrected chi connectivity index (χ2v) is 3.06. The molecule has 0 aromatic heterocycles. The lowest BCUT2D eigenvalue weighted by atomic mass is 9.96. The lowest BCUT2D eigenvalue weighted by molar-refractivity contribution is -0.119. The molecule has 0 fully saturated rings. The van der Waals surface area contributed by atoms with Crippen LogP contribution in [0.15, 0.2) is 30.3 Å². The molecule has 0 aliphatic heterocycles. The minimum absolute atomic E-state index is 0.0425. The smallest absolute Gasteiger partial charge is 0.130 e. The Morgan fingerprint density at radius 1 is 1.38 bits per heavy atom. The number of aldehydes is 1. The van der Waals surface area contributed by atoms with Crippen molar-refractivity contribution in [1.29, 1.82) is 0 Å². The van der Waals surface area contributed by atoms with Gasteiger partial charge in [-0.3, -0.25) is 4.79 Å². The topological polar surface area (TPSA) is 34.1 Å². The highest BCUT2D eigenvalue weighted by Crippen LogP contribution is 2.16. The maximum Gasteiger partial charge on any atom is 0.130 e. The molecule has 2 nitrogen and oxygen atoms in total. The summed E-state index contributed by atoms with van der Waals surface area (Å²) in [6.07, 6.45) is 1.13. The molecule has 0 unspecified atom stereocenters. The third kappa shape index (κ3) is 2.82. The largest absolute Gasteiger partial charge is 0.303 e. The van der Waals surface area contributed by atoms with Gasteiger partial charge in [-0.15, -0.1) is 0 Å². The number of rotatable bonds is 4. The summed E-state index contributed by atoms with van der Waals surface area (Å²) < 4.78 is 0. The second kappa shape index (κ2) is 4.55. The van der Waals surface area contributed by atoms with Crippen molar-refractivity contribution in [3.05, 3.63) is 35.9 Å². The van der Waals surface area contributed by atoms with Crippen LogP contribution in [-0.4, -0.2) is 12.1 Å². The molecule has 0 N–H and O–H groups in total. The summed E-state index contributed by atoms with van der Waals surface area (Å²) in [7, 11) is 0. The minimum atomic E-state index is -0.279. The van der Waals surface area contributed by atoms with Gasteiger partial charge in [-0.1, -0.05) is 30.3 Å². The Bertz CT molecular complexity index is 290. The van der Waals surface area contributed by atoms with Crippen LogP contribution in [0.2, 0.25) is 0 Å². The highest BCUT2D eigenvalue weighted by molar-refractivity contribution is 5.80. The molecule has 0 heterocycles. The van der Waals surface area contributed by atoms with E-state index in [9.17, 15) is 9.59 Å². The Morgan fingerprint density at radius 3 is 2.46 bits per heavy atom. The van der Waals surface area contributed by atoms with Crippen LogP contribution >= 0.6 is 0 Å². The molecular formula is C11H12O2. The third-order valence-corrected chi connectivity index (χ3v) is 1.90. The van der Waals surface area contributed by atoms with Crippen molar-refractivity contribution in [3.63, 3.8) is 0 Å². The normalized spacial score (nSPS) is 12.1. The Hall–Kier alpha value is -1.44. The zero-order valence-corrected chi connectivity index (χ0v) is 7.57. The van der Waals surface area contributed by atoms with Crippen LogP contribution in [0.4, 0.5) is 0 Å². The average molecular weight is 176 g/mol. The molecule has 2 heteroatoms. The molecule has 68 valence electrons. The number of carbonyl (C=O) groups excluding carboxylic acids is 2. The van der Waals surface area contributed by atoms with Crippen LogP contribution in [0.1, 0.15) is 24.8 Å². The maximum absolute atomic E-state index is 10.8. The fourth-order valence-electron chi connectivity index (χ4n) is 1.25. The molecule has 0 amide bonds. The van der Waals surface area contributed by atoms with Gasteiger partial charge < -0.3 is 4.79 Å². The van der Waals surface area contributed by atoms with Gasteiger partial charge in [0.15, 0.2) is 0 Å². The van der Waals surface area contributed by atoms with Gasteiger partial charge >= 0.3 is 0 Å². The number of Topliss-reactive ketones (excluding diaryl/α,β-unsaturated/α-hetero) is 1. The van der Waals surface area contributed by atoms with Gasteiger partial charge in [0.2, 0.25) is 0 Å². The highest BCUT2D eigenvalue weighted by Gasteiger charge is 2.11. The average Bonchev–Trinajstić information content (AvgIpc) is 2.15. The standard InChI is InChI=1S/C11H12O2/c1-9(13)7-11(8-12)10-5-3-2-4-6-10/h2-6,8,11H,7H2,1H3/t11-/m0/s1. The summed E-state index contributed by atoms with van der Waals surface area (Å²) in [5.74, 6) is -0.236. The van der Waals surface area contributed by atoms with E-state index in [1.54, 1.807) is 0 Å². The van der Waals surface area contributed by atoms with E-state index in [-0.39, 0.29) is 11.7 Å². The van der Waals surface area contributed by atoms with E-state index >= 15 is 0 Å². The van der Waals surface area contributed by atoms with Gasteiger partial charge in [0.05, 0.1) is 0 Å². The summed E-state index contributed by atoms with van der Waals surface area (Å²) in [6, 6.07) is 9.35. The third-order valence-electron chi connectivity index (χ3n) is 1.90. The monoisotopic (exact) mass is 176 g/mol. The SMILES string of the molecule is CC(=O)C[C@@H](C=O)c1ccccc1. The number of hydrogen-bond donors (Lipinski definition) is 0. The second-order valence-electron chi connectivity index (χ2n) is 3.06. The fourth-order valence-corrected chi connectivity index (χ4v) is 1.25. The molecule has 0 saturated heterocycles. The summed E-state index contributed by atoms with van der Waals surface area (Å²) >= 11 is 0. The predicted octanol–water partition coefficient (Wildman–Crippen LogP) is 1.95. The van der Waals surface area contributed by atoms with Crippen LogP contribution in [-0.2, 0) is 9.59 Å². The van der Waals surface area contributed by atoms with E-state index in [0.29, 0.717) is 6.42 Å². The summed E-state index contributed by atoms with van der Waals surface area (Å²) in [4.78, 5) is 21.5. The van der Waals surface area contributed by atoms with Crippen molar-refractivity contribution >= 4 is 12.1 Å². The first-order valence-electron chi connectivity index (χ1n) is 4.23. The van der Waals surface area contributed by atoms with E-state index in [1.165, 1.54) is 6.92 Å². The molecule has 1 aromatic rings. The zero-order chi connectivity index (χ0) is 9.68. The van der Waals surface area contributed by atoms with Crippen LogP contribution in [0.25, 0.3) is 0 Å². The van der Waals surface area contributed by atoms with Crippen molar-refractivity contribution in [2.45, 2.75) is 19.3 Å². The minimum Gasteiger partial charge on any atom is -0.303 e. The van der Waals surface area contributed by atoms with Gasteiger partial charge in [-0.05, 0) is 12.5 Å². The zero-order valence-electron chi connectivity index (χ0n) is 7.57. The van der Waals surface area contributed by atoms with Gasteiger partial charge in [-0.2, -0.15) is 0 Å². The lowest BCUT2D eigenvalue weighted by Crippen LogP contribution is -2.05. The molecule has 0 spiro atoms. The van der Waals surface area contributed by atoms with E-state index in [0.717, 1.165) is 11.8 Å². The van der Waals surface area contributed by atoms with Crippen molar-refractivity contribution in [3.8, 4) is 0 Å². The molecule has 0 radical (unpaired) electrons. The van der Waals surface area contributed by atoms with Crippen LogP contribution in [0.3, 0.4) is 0 Å². The Morgan fingerprint density at radius 2 is 2.00 bits per heavy atom. The highest BCUT2D eigenvalue weighted by atomic mass is 16.1. The quantitative estimate of drug-likeness (QED) is 0.657. The van der Waals surface area contributed by atoms with Crippen LogP contribution in [0, 0.1) is 0 Å². The molecule has 0 aliphatic rings. The van der Waals surface area contributed by atoms with E-state index in [1.807, 2.05) is 30.3 Å². The first kappa shape index (κ1) is 9.65. The maximum atomic E-state index is 10.8. The lowest BCUT2D eigenvalue weighted by Gasteiger charge is -2.07. The Balaban J connectivity index is 2.78. The van der Waals surface area contributed by atoms with Gasteiger partial charge in [0.1, 0.15) is 12.1 Å². The molecule has 0 aliphatic carbocycles. The first-order chi connectivity index (χ1) is 6.24. The number of benzene rings is 1. The number of hydrogen-bond acceptors (Lipinski definition) is 2. The van der Waals surface area contributed by atoms with Gasteiger partial charge in [0, 0.05) is 12.3 Å². The molecule has 0 saturated carbocycles. The van der Waals surface area contributed by atoms with Crippen molar-refractivity contribution < 1.29 is 9.59 Å². The van der Waals surface area contributed by atoms with Crippen LogP contribution in [0.5, 0.6) is 0 Å². The Kier molecular flexibility index (Phi) is 3.38. The van der Waals surface area contributed by atoms with Gasteiger partial charge in [0.25, 0.3) is 0 Å². The van der Waals surface area contributed by atoms with E-state index in [4.69, 9.17) is 0 Å². The summed E-state index contributed by atoms with van der Waals surface area (Å²) in [6.45, 7) is 1.50. The van der Waals surface area contributed by atoms with Gasteiger partial charge in [-0.25, -0.2) is 0 Å². The van der Waals surface area contributed by atoms with E-state index in [2.05, 4.69) is 0 Å². The van der Waals surface area contributed by atoms with Crippen molar-refractivity contribution in [2.24, 2.45) is 0 Å². The molecule has 1 aromatic carbocycles. The van der Waals surface area contributed by atoms with Crippen LogP contribution < -0.4 is 0 Å². The van der Waals surface area contributed by atoms with Crippen molar-refractivity contribution in [2.75, 3.05) is 0 Å². The van der Waals surface area contributed by atoms with Crippen molar-refractivity contribution in [1.82, 2.24) is 0 Å². The molecular weight excluding hydrogens is 164 g/mol. The molecule has 1 atom stereocenters. The summed E-state index contributed by atoms with van der Waals surface area (Å²) in [5, 5.41) is 0. The number of ketones is 1. The molecule has 0 bridgehead atoms. The summed E-state index contributed by atoms with van der Waals surface area (Å²) in [5.41, 5.74) is 0.910. The first-order valence-corrected chi connectivity index (χ1v) is 4.23. The fraction of sp³-hybridized carbons (Fsp3) is 0.273. The van der Waals surface area contributed by atoms with E-state index < -0.39 is 0 Å². The molecule has 1 rings (SSSR count). The predicted molar refractivity (Wildman–Crippen MR) is 50.5 cm³/mol. The molecule has 13 heavy (non-hydrogen) atoms. The number of carbonyl (C=O) groups is 2. The Labute approximate surface area is 77.6 Å².